The number of hydrogen-bond donors (Lipinski definition) is 3. The van der Waals surface area contributed by atoms with Crippen molar-refractivity contribution in [3.63, 3.8) is 0 Å². The summed E-state index contributed by atoms with van der Waals surface area (Å²) < 4.78 is 60.7. The highest BCUT2D eigenvalue weighted by molar-refractivity contribution is 7.92. The van der Waals surface area contributed by atoms with Gasteiger partial charge < -0.3 is 15.5 Å². The van der Waals surface area contributed by atoms with E-state index in [9.17, 15) is 31.5 Å². The van der Waals surface area contributed by atoms with E-state index < -0.39 is 26.1 Å². The van der Waals surface area contributed by atoms with Crippen molar-refractivity contribution in [3.05, 3.63) is 52.0 Å². The summed E-state index contributed by atoms with van der Waals surface area (Å²) in [6.45, 7) is -0.450. The number of sulfone groups is 1. The van der Waals surface area contributed by atoms with Crippen molar-refractivity contribution < 1.29 is 36.6 Å². The SMILES string of the molecule is O=C(Cc1ccc(S(=O)(=O)C(F)(F)F)cc1)Nc1nc(-c2sc(CO)nc2/C=C/CO)cs1. The Morgan fingerprint density at radius 2 is 1.85 bits per heavy atom. The maximum atomic E-state index is 12.6. The van der Waals surface area contributed by atoms with Crippen LogP contribution in [0.2, 0.25) is 0 Å². The van der Waals surface area contributed by atoms with Gasteiger partial charge in [0.15, 0.2) is 5.13 Å². The van der Waals surface area contributed by atoms with E-state index in [0.29, 0.717) is 26.8 Å². The van der Waals surface area contributed by atoms with Crippen molar-refractivity contribution >= 4 is 49.6 Å². The number of anilines is 1. The summed E-state index contributed by atoms with van der Waals surface area (Å²) in [6.07, 6.45) is 2.87. The number of carbonyl (C=O) groups is 1. The summed E-state index contributed by atoms with van der Waals surface area (Å²) in [4.78, 5) is 20.6. The Morgan fingerprint density at radius 1 is 1.15 bits per heavy atom. The molecule has 3 aromatic rings. The van der Waals surface area contributed by atoms with Gasteiger partial charge in [-0.2, -0.15) is 13.2 Å². The van der Waals surface area contributed by atoms with E-state index in [4.69, 9.17) is 5.11 Å². The third kappa shape index (κ3) is 5.83. The Morgan fingerprint density at radius 3 is 2.45 bits per heavy atom. The Bertz CT molecular complexity index is 1270. The quantitative estimate of drug-likeness (QED) is 0.417. The first-order valence-corrected chi connectivity index (χ1v) is 12.3. The number of nitrogens with one attached hydrogen (secondary N) is 1. The van der Waals surface area contributed by atoms with Crippen LogP contribution in [0, 0.1) is 0 Å². The Labute approximate surface area is 194 Å². The van der Waals surface area contributed by atoms with Crippen LogP contribution in [0.5, 0.6) is 0 Å². The predicted octanol–water partition coefficient (Wildman–Crippen LogP) is 3.24. The van der Waals surface area contributed by atoms with Gasteiger partial charge in [0.1, 0.15) is 5.01 Å². The number of halogens is 3. The molecule has 8 nitrogen and oxygen atoms in total. The van der Waals surface area contributed by atoms with E-state index in [0.717, 1.165) is 35.6 Å². The summed E-state index contributed by atoms with van der Waals surface area (Å²) in [7, 11) is -5.45. The molecule has 2 aromatic heterocycles. The first-order chi connectivity index (χ1) is 15.5. The number of hydrogen-bond acceptors (Lipinski definition) is 9. The zero-order chi connectivity index (χ0) is 24.2. The average molecular weight is 520 g/mol. The highest BCUT2D eigenvalue weighted by Crippen LogP contribution is 2.34. The molecule has 0 aliphatic carbocycles. The van der Waals surface area contributed by atoms with Crippen molar-refractivity contribution in [1.82, 2.24) is 9.97 Å². The van der Waals surface area contributed by atoms with Crippen LogP contribution in [0.1, 0.15) is 16.3 Å². The predicted molar refractivity (Wildman–Crippen MR) is 117 cm³/mol. The standard InChI is InChI=1S/C19H16F3N3O5S3/c20-19(21,22)33(29,30)12-5-3-11(4-6-12)8-15(28)25-18-24-14(10-31-18)17-13(2-1-7-26)23-16(9-27)32-17/h1-6,10,26-27H,7-9H2,(H,24,25,28)/b2-1+. The van der Waals surface area contributed by atoms with Gasteiger partial charge in [0, 0.05) is 5.38 Å². The van der Waals surface area contributed by atoms with E-state index in [1.54, 1.807) is 11.5 Å². The number of nitrogens with zero attached hydrogens (tertiary/aromatic N) is 2. The van der Waals surface area contributed by atoms with Crippen LogP contribution >= 0.6 is 22.7 Å². The van der Waals surface area contributed by atoms with Gasteiger partial charge in [0.25, 0.3) is 9.84 Å². The molecule has 0 saturated heterocycles. The smallest absolute Gasteiger partial charge is 0.392 e. The fourth-order valence-electron chi connectivity index (χ4n) is 2.61. The molecule has 33 heavy (non-hydrogen) atoms. The molecule has 3 N–H and O–H groups in total. The normalized spacial score (nSPS) is 12.4. The van der Waals surface area contributed by atoms with E-state index in [1.165, 1.54) is 17.4 Å². The maximum absolute atomic E-state index is 12.6. The minimum atomic E-state index is -5.45. The number of rotatable bonds is 8. The van der Waals surface area contributed by atoms with E-state index in [1.807, 2.05) is 0 Å². The second-order valence-corrected chi connectivity index (χ2v) is 10.3. The van der Waals surface area contributed by atoms with Crippen LogP contribution < -0.4 is 5.32 Å². The summed E-state index contributed by atoms with van der Waals surface area (Å²) in [5.41, 5.74) is -4.07. The van der Waals surface area contributed by atoms with Crippen molar-refractivity contribution in [3.8, 4) is 10.6 Å². The van der Waals surface area contributed by atoms with Crippen LogP contribution in [0.25, 0.3) is 16.6 Å². The van der Waals surface area contributed by atoms with Crippen LogP contribution in [0.3, 0.4) is 0 Å². The summed E-state index contributed by atoms with van der Waals surface area (Å²) in [5, 5.41) is 23.3. The monoisotopic (exact) mass is 519 g/mol. The number of aromatic nitrogens is 2. The third-order valence-corrected chi connectivity index (χ3v) is 7.44. The number of aliphatic hydroxyl groups is 2. The Hall–Kier alpha value is -2.65. The minimum absolute atomic E-state index is 0.188. The van der Waals surface area contributed by atoms with Crippen LogP contribution in [-0.4, -0.2) is 46.6 Å². The third-order valence-electron chi connectivity index (χ3n) is 4.10. The molecule has 0 saturated carbocycles. The zero-order valence-electron chi connectivity index (χ0n) is 16.5. The van der Waals surface area contributed by atoms with Crippen molar-refractivity contribution in [2.24, 2.45) is 0 Å². The minimum Gasteiger partial charge on any atom is -0.392 e. The molecule has 176 valence electrons. The lowest BCUT2D eigenvalue weighted by Gasteiger charge is -2.08. The Balaban J connectivity index is 1.70. The van der Waals surface area contributed by atoms with Crippen LogP contribution in [-0.2, 0) is 27.7 Å². The van der Waals surface area contributed by atoms with E-state index in [-0.39, 0.29) is 24.8 Å². The van der Waals surface area contributed by atoms with Crippen molar-refractivity contribution in [2.75, 3.05) is 11.9 Å². The van der Waals surface area contributed by atoms with Gasteiger partial charge in [-0.05, 0) is 23.8 Å². The fraction of sp³-hybridized carbons (Fsp3) is 0.211. The number of benzene rings is 1. The molecule has 0 aliphatic rings. The van der Waals surface area contributed by atoms with Gasteiger partial charge >= 0.3 is 5.51 Å². The molecule has 14 heteroatoms. The molecule has 1 amide bonds. The van der Waals surface area contributed by atoms with Crippen molar-refractivity contribution in [2.45, 2.75) is 23.4 Å². The van der Waals surface area contributed by atoms with Gasteiger partial charge in [0.05, 0.1) is 40.8 Å². The fourth-order valence-corrected chi connectivity index (χ4v) is 5.04. The molecular weight excluding hydrogens is 503 g/mol. The molecular formula is C19H16F3N3O5S3. The average Bonchev–Trinajstić information content (AvgIpc) is 3.38. The van der Waals surface area contributed by atoms with Crippen LogP contribution in [0.4, 0.5) is 18.3 Å². The summed E-state index contributed by atoms with van der Waals surface area (Å²) >= 11 is 2.35. The lowest BCUT2D eigenvalue weighted by atomic mass is 10.1. The van der Waals surface area contributed by atoms with E-state index >= 15 is 0 Å². The highest BCUT2D eigenvalue weighted by Gasteiger charge is 2.46. The van der Waals surface area contributed by atoms with Gasteiger partial charge in [-0.15, -0.1) is 22.7 Å². The van der Waals surface area contributed by atoms with Crippen molar-refractivity contribution in [1.29, 1.82) is 0 Å². The van der Waals surface area contributed by atoms with Gasteiger partial charge in [-0.3, -0.25) is 4.79 Å². The molecule has 0 unspecified atom stereocenters. The highest BCUT2D eigenvalue weighted by atomic mass is 32.2. The largest absolute Gasteiger partial charge is 0.501 e. The number of aliphatic hydroxyl groups excluding tert-OH is 2. The molecule has 0 atom stereocenters. The molecule has 0 spiro atoms. The maximum Gasteiger partial charge on any atom is 0.501 e. The topological polar surface area (TPSA) is 129 Å². The van der Waals surface area contributed by atoms with E-state index in [2.05, 4.69) is 15.3 Å². The summed E-state index contributed by atoms with van der Waals surface area (Å²) in [5.74, 6) is -0.497. The number of alkyl halides is 3. The second-order valence-electron chi connectivity index (χ2n) is 6.42. The lowest BCUT2D eigenvalue weighted by molar-refractivity contribution is -0.115. The zero-order valence-corrected chi connectivity index (χ0v) is 19.0. The van der Waals surface area contributed by atoms with Gasteiger partial charge in [0.2, 0.25) is 5.91 Å². The molecule has 2 heterocycles. The molecule has 0 aliphatic heterocycles. The molecule has 1 aromatic carbocycles. The molecule has 0 radical (unpaired) electrons. The second kappa shape index (κ2) is 10.1. The number of carbonyl (C=O) groups excluding carboxylic acids is 1. The Kier molecular flexibility index (Phi) is 7.64. The number of thiazole rings is 2. The molecule has 0 fully saturated rings. The van der Waals surface area contributed by atoms with Crippen LogP contribution in [0.15, 0.2) is 40.6 Å². The lowest BCUT2D eigenvalue weighted by Crippen LogP contribution is -2.23. The first kappa shape index (κ1) is 25.0. The molecule has 0 bridgehead atoms. The van der Waals surface area contributed by atoms with Gasteiger partial charge in [-0.1, -0.05) is 18.2 Å². The first-order valence-electron chi connectivity index (χ1n) is 9.09. The summed E-state index contributed by atoms with van der Waals surface area (Å²) in [6, 6.07) is 3.88. The van der Waals surface area contributed by atoms with Gasteiger partial charge in [-0.25, -0.2) is 18.4 Å². The number of amides is 1. The molecule has 3 rings (SSSR count).